The highest BCUT2D eigenvalue weighted by atomic mass is 32.2. The number of fused-ring (bicyclic) bond motifs is 1. The molecule has 1 aliphatic heterocycles. The maximum absolute atomic E-state index is 4.21. The second kappa shape index (κ2) is 6.85. The summed E-state index contributed by atoms with van der Waals surface area (Å²) in [5, 5.41) is 3.01. The third-order valence-corrected chi connectivity index (χ3v) is 3.64. The molecule has 2 heterocycles. The van der Waals surface area contributed by atoms with Crippen LogP contribution < -0.4 is 10.4 Å². The van der Waals surface area contributed by atoms with Gasteiger partial charge in [-0.15, -0.1) is 0 Å². The monoisotopic (exact) mass is 281 g/mol. The Labute approximate surface area is 122 Å². The minimum atomic E-state index is 0.727. The van der Waals surface area contributed by atoms with Crippen LogP contribution in [0, 0.1) is 0 Å². The van der Waals surface area contributed by atoms with Crippen LogP contribution in [-0.2, 0) is 0 Å². The molecule has 0 bridgehead atoms. The van der Waals surface area contributed by atoms with Gasteiger partial charge < -0.3 is 0 Å². The molecule has 0 saturated carbocycles. The standard InChI is InChI=1S/C16H15N3S/c1-4-19-16-15(10-17-3)6-5-14-11-18-8-7-13(14)9-12(2)20-16/h5,7-11H,1-2,6H2,3H3/b13-9-,14-5-,16-15+,17-10-. The van der Waals surface area contributed by atoms with E-state index in [1.807, 2.05) is 24.6 Å². The van der Waals surface area contributed by atoms with Crippen molar-refractivity contribution in [1.29, 1.82) is 0 Å². The van der Waals surface area contributed by atoms with Gasteiger partial charge in [-0.2, -0.15) is 4.99 Å². The van der Waals surface area contributed by atoms with E-state index in [2.05, 4.69) is 40.1 Å². The van der Waals surface area contributed by atoms with Crippen LogP contribution >= 0.6 is 11.8 Å². The number of pyridine rings is 1. The van der Waals surface area contributed by atoms with Gasteiger partial charge in [0.1, 0.15) is 5.03 Å². The van der Waals surface area contributed by atoms with E-state index < -0.39 is 0 Å². The van der Waals surface area contributed by atoms with Gasteiger partial charge in [-0.05, 0) is 41.4 Å². The van der Waals surface area contributed by atoms with E-state index in [1.165, 1.54) is 11.8 Å². The van der Waals surface area contributed by atoms with Crippen molar-refractivity contribution in [3.05, 3.63) is 57.6 Å². The van der Waals surface area contributed by atoms with Gasteiger partial charge in [-0.1, -0.05) is 24.4 Å². The molecule has 0 aliphatic carbocycles. The molecule has 2 rings (SSSR count). The molecule has 0 aromatic carbocycles. The summed E-state index contributed by atoms with van der Waals surface area (Å²) in [7, 11) is 1.75. The summed E-state index contributed by atoms with van der Waals surface area (Å²) in [6.07, 6.45) is 10.3. The molecule has 0 spiro atoms. The molecule has 100 valence electrons. The Kier molecular flexibility index (Phi) is 4.88. The first-order valence-electron chi connectivity index (χ1n) is 6.11. The molecular formula is C16H15N3S. The zero-order valence-electron chi connectivity index (χ0n) is 11.3. The van der Waals surface area contributed by atoms with E-state index >= 15 is 0 Å². The summed E-state index contributed by atoms with van der Waals surface area (Å²) >= 11 is 1.50. The third-order valence-electron chi connectivity index (χ3n) is 2.71. The number of rotatable bonds is 2. The van der Waals surface area contributed by atoms with Crippen molar-refractivity contribution in [2.75, 3.05) is 7.05 Å². The molecular weight excluding hydrogens is 266 g/mol. The summed E-state index contributed by atoms with van der Waals surface area (Å²) in [5.41, 5.74) is 1.01. The zero-order chi connectivity index (χ0) is 14.4. The maximum atomic E-state index is 4.21. The smallest absolute Gasteiger partial charge is 0.116 e. The normalized spacial score (nSPS) is 22.4. The Morgan fingerprint density at radius 3 is 3.05 bits per heavy atom. The lowest BCUT2D eigenvalue weighted by Crippen LogP contribution is -2.24. The van der Waals surface area contributed by atoms with E-state index in [1.54, 1.807) is 13.2 Å². The van der Waals surface area contributed by atoms with Crippen LogP contribution in [0.25, 0.3) is 12.2 Å². The molecule has 1 aromatic rings. The lowest BCUT2D eigenvalue weighted by Gasteiger charge is -2.04. The maximum Gasteiger partial charge on any atom is 0.116 e. The van der Waals surface area contributed by atoms with Crippen LogP contribution in [0.1, 0.15) is 6.42 Å². The van der Waals surface area contributed by atoms with Gasteiger partial charge in [0.2, 0.25) is 0 Å². The van der Waals surface area contributed by atoms with Crippen LogP contribution in [0.3, 0.4) is 0 Å². The van der Waals surface area contributed by atoms with Crippen molar-refractivity contribution in [3.8, 4) is 0 Å². The summed E-state index contributed by atoms with van der Waals surface area (Å²) in [5.74, 6) is 2.59. The van der Waals surface area contributed by atoms with Crippen molar-refractivity contribution in [2.45, 2.75) is 6.42 Å². The Morgan fingerprint density at radius 2 is 2.30 bits per heavy atom. The largest absolute Gasteiger partial charge is 0.296 e. The fraction of sp³-hybridized carbons (Fsp3) is 0.125. The SMILES string of the molecule is C=C=N/C1=C(\C=N/C)C/C=c2/cncc/c2=C/C(=C)S1. The van der Waals surface area contributed by atoms with E-state index in [-0.39, 0.29) is 0 Å². The van der Waals surface area contributed by atoms with Gasteiger partial charge in [0.05, 0.1) is 0 Å². The van der Waals surface area contributed by atoms with Crippen molar-refractivity contribution in [2.24, 2.45) is 9.98 Å². The second-order valence-electron chi connectivity index (χ2n) is 4.11. The highest BCUT2D eigenvalue weighted by molar-refractivity contribution is 8.07. The molecule has 3 nitrogen and oxygen atoms in total. The molecule has 4 heteroatoms. The quantitative estimate of drug-likeness (QED) is 0.778. The third kappa shape index (κ3) is 3.44. The number of thioether (sulfide) groups is 1. The van der Waals surface area contributed by atoms with Gasteiger partial charge in [-0.3, -0.25) is 9.98 Å². The highest BCUT2D eigenvalue weighted by Crippen LogP contribution is 2.29. The van der Waals surface area contributed by atoms with Gasteiger partial charge in [0.15, 0.2) is 0 Å². The number of aliphatic imine (C=N–C) groups is 2. The summed E-state index contributed by atoms with van der Waals surface area (Å²) < 4.78 is 0. The predicted molar refractivity (Wildman–Crippen MR) is 88.3 cm³/mol. The average molecular weight is 281 g/mol. The van der Waals surface area contributed by atoms with E-state index in [0.717, 1.165) is 32.4 Å². The molecule has 0 saturated heterocycles. The summed E-state index contributed by atoms with van der Waals surface area (Å²) in [6.45, 7) is 7.62. The molecule has 0 radical (unpaired) electrons. The van der Waals surface area contributed by atoms with Crippen LogP contribution in [0.5, 0.6) is 0 Å². The number of hydrogen-bond donors (Lipinski definition) is 0. The predicted octanol–water partition coefficient (Wildman–Crippen LogP) is 2.06. The van der Waals surface area contributed by atoms with Gasteiger partial charge in [0, 0.05) is 36.1 Å². The molecule has 0 N–H and O–H groups in total. The van der Waals surface area contributed by atoms with Gasteiger partial charge in [0.25, 0.3) is 0 Å². The fourth-order valence-electron chi connectivity index (χ4n) is 1.85. The Balaban J connectivity index is 2.64. The molecule has 0 fully saturated rings. The fourth-order valence-corrected chi connectivity index (χ4v) is 2.66. The number of aromatic nitrogens is 1. The first kappa shape index (κ1) is 14.3. The topological polar surface area (TPSA) is 37.6 Å². The van der Waals surface area contributed by atoms with Crippen LogP contribution in [-0.4, -0.2) is 24.1 Å². The van der Waals surface area contributed by atoms with Crippen LogP contribution in [0.2, 0.25) is 0 Å². The minimum Gasteiger partial charge on any atom is -0.296 e. The minimum absolute atomic E-state index is 0.727. The van der Waals surface area contributed by atoms with E-state index in [0.29, 0.717) is 0 Å². The number of hydrogen-bond acceptors (Lipinski definition) is 4. The molecule has 1 aliphatic rings. The first-order valence-corrected chi connectivity index (χ1v) is 6.93. The van der Waals surface area contributed by atoms with Gasteiger partial charge in [-0.25, -0.2) is 0 Å². The highest BCUT2D eigenvalue weighted by Gasteiger charge is 2.07. The average Bonchev–Trinajstić information content (AvgIpc) is 2.49. The molecule has 1 aromatic heterocycles. The van der Waals surface area contributed by atoms with Gasteiger partial charge >= 0.3 is 0 Å². The Bertz CT molecular complexity index is 750. The van der Waals surface area contributed by atoms with Crippen LogP contribution in [0.4, 0.5) is 0 Å². The van der Waals surface area contributed by atoms with Crippen molar-refractivity contribution < 1.29 is 0 Å². The summed E-state index contributed by atoms with van der Waals surface area (Å²) in [6, 6.07) is 1.98. The lowest BCUT2D eigenvalue weighted by molar-refractivity contribution is 1.25. The molecule has 0 amide bonds. The van der Waals surface area contributed by atoms with E-state index in [4.69, 9.17) is 0 Å². The zero-order valence-corrected chi connectivity index (χ0v) is 12.2. The Morgan fingerprint density at radius 1 is 1.45 bits per heavy atom. The lowest BCUT2D eigenvalue weighted by atomic mass is 10.1. The molecule has 0 atom stereocenters. The van der Waals surface area contributed by atoms with Crippen molar-refractivity contribution in [3.63, 3.8) is 0 Å². The number of nitrogens with zero attached hydrogens (tertiary/aromatic N) is 3. The summed E-state index contributed by atoms with van der Waals surface area (Å²) in [4.78, 5) is 13.4. The number of allylic oxidation sites excluding steroid dienone is 2. The Hall–Kier alpha value is -2.16. The molecule has 0 unspecified atom stereocenters. The van der Waals surface area contributed by atoms with Crippen molar-refractivity contribution >= 4 is 36.0 Å². The van der Waals surface area contributed by atoms with Crippen molar-refractivity contribution in [1.82, 2.24) is 4.98 Å². The van der Waals surface area contributed by atoms with E-state index in [9.17, 15) is 0 Å². The van der Waals surface area contributed by atoms with Crippen LogP contribution in [0.15, 0.2) is 57.1 Å². The molecule has 20 heavy (non-hydrogen) atoms. The second-order valence-corrected chi connectivity index (χ2v) is 5.23. The first-order chi connectivity index (χ1) is 9.74.